The van der Waals surface area contributed by atoms with Crippen molar-refractivity contribution in [2.75, 3.05) is 0 Å². The Bertz CT molecular complexity index is 884. The Hall–Kier alpha value is -0.362. The van der Waals surface area contributed by atoms with Gasteiger partial charge in [-0.2, -0.15) is 0 Å². The van der Waals surface area contributed by atoms with E-state index in [1.807, 2.05) is 113 Å². The molecule has 0 bridgehead atoms. The lowest BCUT2D eigenvalue weighted by atomic mass is 10.4. The van der Waals surface area contributed by atoms with Gasteiger partial charge in [0.2, 0.25) is 0 Å². The van der Waals surface area contributed by atoms with Gasteiger partial charge in [-0.1, -0.05) is 60.7 Å². The molecule has 2 fully saturated rings. The van der Waals surface area contributed by atoms with Crippen LogP contribution < -0.4 is 10.4 Å². The first kappa shape index (κ1) is 27.7. The zero-order valence-electron chi connectivity index (χ0n) is 21.5. The van der Waals surface area contributed by atoms with Crippen molar-refractivity contribution in [2.24, 2.45) is 0 Å². The third-order valence-electron chi connectivity index (χ3n) is 4.86. The van der Waals surface area contributed by atoms with Gasteiger partial charge >= 0.3 is 61.9 Å². The van der Waals surface area contributed by atoms with E-state index in [1.165, 1.54) is 0 Å². The molecule has 0 aromatic heterocycles. The molecule has 1 spiro atoms. The third-order valence-corrected chi connectivity index (χ3v) is 29.2. The number of benzene rings is 2. The first-order valence-electron chi connectivity index (χ1n) is 11.6. The van der Waals surface area contributed by atoms with Crippen LogP contribution in [0.3, 0.4) is 0 Å². The number of rotatable bonds is 2. The minimum atomic E-state index is -3.76. The van der Waals surface area contributed by atoms with Crippen LogP contribution >= 0.6 is 0 Å². The summed E-state index contributed by atoms with van der Waals surface area (Å²) in [5, 5.41) is 2.04. The summed E-state index contributed by atoms with van der Waals surface area (Å²) >= 11 is 0. The van der Waals surface area contributed by atoms with Crippen LogP contribution in [0.1, 0.15) is 0 Å². The molecule has 2 aliphatic rings. The molecule has 15 heteroatoms. The maximum atomic E-state index is 6.73. The third kappa shape index (κ3) is 7.36. The van der Waals surface area contributed by atoms with Crippen LogP contribution in [0, 0.1) is 0 Å². The SMILES string of the molecule is C[Si]1(C)O[Si](c2ccccc2)O[Si](C)(C)O[Si]2(O1)O[Si](C)(C)O[Si](c1ccccc1)O[Si](C)(C)O2. The second kappa shape index (κ2) is 10.1. The summed E-state index contributed by atoms with van der Waals surface area (Å²) < 4.78 is 53.4. The summed E-state index contributed by atoms with van der Waals surface area (Å²) in [5.41, 5.74) is 0. The molecule has 2 aromatic rings. The molecule has 2 heterocycles. The molecule has 2 aromatic carbocycles. The van der Waals surface area contributed by atoms with Gasteiger partial charge in [0.15, 0.2) is 0 Å². The van der Waals surface area contributed by atoms with E-state index >= 15 is 0 Å². The molecule has 0 aliphatic carbocycles. The van der Waals surface area contributed by atoms with Crippen molar-refractivity contribution >= 4 is 72.2 Å². The Morgan fingerprint density at radius 3 is 0.943 bits per heavy atom. The summed E-state index contributed by atoms with van der Waals surface area (Å²) in [4.78, 5) is 0. The first-order valence-corrected chi connectivity index (χ1v) is 27.1. The molecule has 2 radical (unpaired) electrons. The van der Waals surface area contributed by atoms with E-state index in [-0.39, 0.29) is 0 Å². The predicted molar refractivity (Wildman–Crippen MR) is 148 cm³/mol. The van der Waals surface area contributed by atoms with E-state index in [2.05, 4.69) is 0 Å². The van der Waals surface area contributed by atoms with Gasteiger partial charge in [0, 0.05) is 0 Å². The summed E-state index contributed by atoms with van der Waals surface area (Å²) in [5.74, 6) is 0. The highest BCUT2D eigenvalue weighted by atomic mass is 28.6. The Morgan fingerprint density at radius 1 is 0.429 bits per heavy atom. The van der Waals surface area contributed by atoms with Crippen molar-refractivity contribution in [1.29, 1.82) is 0 Å². The molecule has 2 aliphatic heterocycles. The fourth-order valence-corrected chi connectivity index (χ4v) is 29.8. The van der Waals surface area contributed by atoms with Gasteiger partial charge < -0.3 is 32.9 Å². The quantitative estimate of drug-likeness (QED) is 0.488. The van der Waals surface area contributed by atoms with Crippen LogP contribution in [0.4, 0.5) is 0 Å². The second-order valence-electron chi connectivity index (χ2n) is 10.2. The smallest absolute Gasteiger partial charge is 0.411 e. The molecule has 8 nitrogen and oxygen atoms in total. The Balaban J connectivity index is 1.68. The summed E-state index contributed by atoms with van der Waals surface area (Å²) in [6.45, 7) is 15.9. The zero-order valence-corrected chi connectivity index (χ0v) is 28.5. The second-order valence-corrected chi connectivity index (χ2v) is 31.3. The van der Waals surface area contributed by atoms with Crippen LogP contribution in [-0.4, -0.2) is 61.9 Å². The van der Waals surface area contributed by atoms with Crippen molar-refractivity contribution in [3.63, 3.8) is 0 Å². The van der Waals surface area contributed by atoms with Crippen molar-refractivity contribution in [3.8, 4) is 0 Å². The van der Waals surface area contributed by atoms with Crippen molar-refractivity contribution in [2.45, 2.75) is 52.4 Å². The minimum Gasteiger partial charge on any atom is -0.411 e. The lowest BCUT2D eigenvalue weighted by molar-refractivity contribution is 0.0842. The molecule has 4 rings (SSSR count). The first-order chi connectivity index (χ1) is 16.2. The van der Waals surface area contributed by atoms with E-state index < -0.39 is 61.9 Å². The maximum absolute atomic E-state index is 6.73. The van der Waals surface area contributed by atoms with E-state index in [0.29, 0.717) is 0 Å². The Labute approximate surface area is 217 Å². The van der Waals surface area contributed by atoms with Gasteiger partial charge in [-0.05, 0) is 62.7 Å². The van der Waals surface area contributed by atoms with Gasteiger partial charge in [0.05, 0.1) is 0 Å². The summed E-state index contributed by atoms with van der Waals surface area (Å²) in [7, 11) is -18.7. The van der Waals surface area contributed by atoms with E-state index in [0.717, 1.165) is 10.4 Å². The molecule has 0 unspecified atom stereocenters. The molecule has 2 saturated heterocycles. The highest BCUT2D eigenvalue weighted by Gasteiger charge is 2.64. The predicted octanol–water partition coefficient (Wildman–Crippen LogP) is 3.18. The highest BCUT2D eigenvalue weighted by molar-refractivity contribution is 6.95. The van der Waals surface area contributed by atoms with Gasteiger partial charge in [-0.3, -0.25) is 0 Å². The topological polar surface area (TPSA) is 73.8 Å². The molecule has 0 atom stereocenters. The maximum Gasteiger partial charge on any atom is 0.643 e. The van der Waals surface area contributed by atoms with Crippen LogP contribution in [0.5, 0.6) is 0 Å². The molecular weight excluding hydrogens is 565 g/mol. The molecule has 35 heavy (non-hydrogen) atoms. The van der Waals surface area contributed by atoms with Crippen LogP contribution in [0.15, 0.2) is 60.7 Å². The highest BCUT2D eigenvalue weighted by Crippen LogP contribution is 2.35. The zero-order chi connectivity index (χ0) is 25.5. The summed E-state index contributed by atoms with van der Waals surface area (Å²) in [6, 6.07) is 20.0. The van der Waals surface area contributed by atoms with E-state index in [4.69, 9.17) is 32.9 Å². The van der Waals surface area contributed by atoms with Gasteiger partial charge in [-0.15, -0.1) is 0 Å². The van der Waals surface area contributed by atoms with Gasteiger partial charge in [0.25, 0.3) is 0 Å². The monoisotopic (exact) mass is 598 g/mol. The Morgan fingerprint density at radius 2 is 0.686 bits per heavy atom. The van der Waals surface area contributed by atoms with Gasteiger partial charge in [-0.25, -0.2) is 0 Å². The summed E-state index contributed by atoms with van der Waals surface area (Å²) in [6.07, 6.45) is 0. The molecular formula is C20H34O8Si7. The largest absolute Gasteiger partial charge is 0.643 e. The van der Waals surface area contributed by atoms with E-state index in [9.17, 15) is 0 Å². The van der Waals surface area contributed by atoms with Crippen LogP contribution in [0.2, 0.25) is 52.4 Å². The normalized spacial score (nSPS) is 26.3. The van der Waals surface area contributed by atoms with E-state index in [1.54, 1.807) is 0 Å². The van der Waals surface area contributed by atoms with Gasteiger partial charge in [0.1, 0.15) is 0 Å². The van der Waals surface area contributed by atoms with Crippen molar-refractivity contribution < 1.29 is 32.9 Å². The average molecular weight is 599 g/mol. The standard InChI is InChI=1S/C20H34O8Si7/c1-31(2)21-29(19-15-11-9-12-16-19)22-32(3,4)26-35(25-31)27-33(5,6)23-30(24-34(7,8)28-35)20-17-13-10-14-18-20/h9-18H,1-8H3. The fourth-order valence-electron chi connectivity index (χ4n) is 3.73. The van der Waals surface area contributed by atoms with Crippen LogP contribution in [0.25, 0.3) is 0 Å². The average Bonchev–Trinajstić information content (AvgIpc) is 2.70. The number of hydrogen-bond donors (Lipinski definition) is 0. The lowest BCUT2D eigenvalue weighted by Gasteiger charge is -2.49. The Kier molecular flexibility index (Phi) is 7.96. The molecule has 0 N–H and O–H groups in total. The lowest BCUT2D eigenvalue weighted by Crippen LogP contribution is -2.74. The molecule has 0 amide bonds. The fraction of sp³-hybridized carbons (Fsp3) is 0.400. The molecule has 190 valence electrons. The number of hydrogen-bond acceptors (Lipinski definition) is 8. The van der Waals surface area contributed by atoms with Crippen molar-refractivity contribution in [1.82, 2.24) is 0 Å². The van der Waals surface area contributed by atoms with Crippen molar-refractivity contribution in [3.05, 3.63) is 60.7 Å². The van der Waals surface area contributed by atoms with Crippen LogP contribution in [-0.2, 0) is 32.9 Å². The molecule has 0 saturated carbocycles. The minimum absolute atomic E-state index is 1.02.